The summed E-state index contributed by atoms with van der Waals surface area (Å²) in [4.78, 5) is 2.53. The summed E-state index contributed by atoms with van der Waals surface area (Å²) >= 11 is 0. The van der Waals surface area contributed by atoms with Gasteiger partial charge in [0.2, 0.25) is 0 Å². The molecule has 1 atom stereocenters. The van der Waals surface area contributed by atoms with Gasteiger partial charge in [0, 0.05) is 13.2 Å². The highest BCUT2D eigenvalue weighted by molar-refractivity contribution is 4.98. The number of piperidine rings is 1. The molecule has 1 aliphatic carbocycles. The van der Waals surface area contributed by atoms with Gasteiger partial charge in [-0.3, -0.25) is 0 Å². The van der Waals surface area contributed by atoms with Gasteiger partial charge < -0.3 is 9.64 Å². The van der Waals surface area contributed by atoms with E-state index in [1.54, 1.807) is 0 Å². The zero-order chi connectivity index (χ0) is 10.0. The highest BCUT2D eigenvalue weighted by atomic mass is 16.5. The van der Waals surface area contributed by atoms with Crippen LogP contribution in [-0.4, -0.2) is 37.2 Å². The topological polar surface area (TPSA) is 12.5 Å². The summed E-state index contributed by atoms with van der Waals surface area (Å²) in [6, 6.07) is 0.684. The van der Waals surface area contributed by atoms with E-state index >= 15 is 0 Å². The molecule has 82 valence electrons. The number of hydrogen-bond donors (Lipinski definition) is 0. The molecule has 0 amide bonds. The minimum Gasteiger partial charge on any atom is -0.377 e. The summed E-state index contributed by atoms with van der Waals surface area (Å²) < 4.78 is 5.87. The minimum absolute atomic E-state index is 0.204. The van der Waals surface area contributed by atoms with Gasteiger partial charge in [0.1, 0.15) is 0 Å². The Labute approximate surface area is 87.6 Å². The fraction of sp³-hybridized carbons (Fsp3) is 1.00. The molecule has 0 aromatic heterocycles. The summed E-state index contributed by atoms with van der Waals surface area (Å²) in [5.41, 5.74) is 0.204. The van der Waals surface area contributed by atoms with Gasteiger partial charge in [-0.05, 0) is 39.3 Å². The quantitative estimate of drug-likeness (QED) is 0.674. The molecule has 0 aromatic rings. The minimum atomic E-state index is 0.204. The molecule has 1 aliphatic heterocycles. The Balaban J connectivity index is 2.09. The molecular weight excluding hydrogens is 174 g/mol. The smallest absolute Gasteiger partial charge is 0.0833 e. The predicted octanol–water partition coefficient (Wildman–Crippen LogP) is 2.43. The first-order valence-electron chi connectivity index (χ1n) is 6.04. The van der Waals surface area contributed by atoms with Gasteiger partial charge in [-0.1, -0.05) is 19.3 Å². The molecule has 0 radical (unpaired) electrons. The average Bonchev–Trinajstić information content (AvgIpc) is 2.68. The first-order valence-corrected chi connectivity index (χ1v) is 6.04. The molecule has 0 aromatic carbocycles. The SMILES string of the molecule is COC1([C@@H]2CCCCN2C)CCCC1. The summed E-state index contributed by atoms with van der Waals surface area (Å²) in [5, 5.41) is 0. The lowest BCUT2D eigenvalue weighted by Gasteiger charge is -2.44. The third kappa shape index (κ3) is 1.70. The predicted molar refractivity (Wildman–Crippen MR) is 58.5 cm³/mol. The molecule has 0 bridgehead atoms. The van der Waals surface area contributed by atoms with Crippen LogP contribution in [0.15, 0.2) is 0 Å². The van der Waals surface area contributed by atoms with E-state index < -0.39 is 0 Å². The zero-order valence-corrected chi connectivity index (χ0v) is 9.59. The van der Waals surface area contributed by atoms with Crippen molar-refractivity contribution in [2.45, 2.75) is 56.6 Å². The van der Waals surface area contributed by atoms with E-state index in [2.05, 4.69) is 11.9 Å². The van der Waals surface area contributed by atoms with Crippen molar-refractivity contribution in [1.29, 1.82) is 0 Å². The van der Waals surface area contributed by atoms with Crippen LogP contribution in [0.25, 0.3) is 0 Å². The van der Waals surface area contributed by atoms with E-state index in [0.29, 0.717) is 6.04 Å². The van der Waals surface area contributed by atoms with E-state index in [-0.39, 0.29) is 5.60 Å². The van der Waals surface area contributed by atoms with Crippen molar-refractivity contribution < 1.29 is 4.74 Å². The van der Waals surface area contributed by atoms with Gasteiger partial charge in [0.05, 0.1) is 5.60 Å². The fourth-order valence-electron chi connectivity index (χ4n) is 3.39. The third-order valence-corrected chi connectivity index (χ3v) is 4.23. The van der Waals surface area contributed by atoms with Crippen LogP contribution in [-0.2, 0) is 4.74 Å². The lowest BCUT2D eigenvalue weighted by Crippen LogP contribution is -2.53. The second kappa shape index (κ2) is 4.19. The van der Waals surface area contributed by atoms with Crippen LogP contribution in [0, 0.1) is 0 Å². The molecule has 1 heterocycles. The van der Waals surface area contributed by atoms with Crippen LogP contribution in [0.5, 0.6) is 0 Å². The number of likely N-dealkylation sites (N-methyl/N-ethyl adjacent to an activating group) is 1. The Kier molecular flexibility index (Phi) is 3.13. The van der Waals surface area contributed by atoms with E-state index in [1.165, 1.54) is 51.5 Å². The van der Waals surface area contributed by atoms with Crippen LogP contribution in [0.3, 0.4) is 0 Å². The molecular formula is C12H23NO. The molecule has 2 rings (SSSR count). The van der Waals surface area contributed by atoms with Crippen molar-refractivity contribution in [1.82, 2.24) is 4.90 Å². The van der Waals surface area contributed by atoms with Crippen molar-refractivity contribution in [3.05, 3.63) is 0 Å². The lowest BCUT2D eigenvalue weighted by atomic mass is 9.85. The Hall–Kier alpha value is -0.0800. The largest absolute Gasteiger partial charge is 0.377 e. The monoisotopic (exact) mass is 197 g/mol. The third-order valence-electron chi connectivity index (χ3n) is 4.23. The van der Waals surface area contributed by atoms with Crippen LogP contribution >= 0.6 is 0 Å². The van der Waals surface area contributed by atoms with Gasteiger partial charge in [-0.25, -0.2) is 0 Å². The highest BCUT2D eigenvalue weighted by Crippen LogP contribution is 2.40. The lowest BCUT2D eigenvalue weighted by molar-refractivity contribution is -0.0794. The highest BCUT2D eigenvalue weighted by Gasteiger charge is 2.43. The van der Waals surface area contributed by atoms with E-state index in [4.69, 9.17) is 4.74 Å². The summed E-state index contributed by atoms with van der Waals surface area (Å²) in [6.07, 6.45) is 9.37. The van der Waals surface area contributed by atoms with E-state index in [9.17, 15) is 0 Å². The van der Waals surface area contributed by atoms with Crippen LogP contribution < -0.4 is 0 Å². The summed E-state index contributed by atoms with van der Waals surface area (Å²) in [6.45, 7) is 1.26. The Morgan fingerprint density at radius 3 is 2.43 bits per heavy atom. The molecule has 1 saturated carbocycles. The summed E-state index contributed by atoms with van der Waals surface area (Å²) in [5.74, 6) is 0. The maximum atomic E-state index is 5.87. The molecule has 14 heavy (non-hydrogen) atoms. The first kappa shape index (κ1) is 10.4. The maximum absolute atomic E-state index is 5.87. The van der Waals surface area contributed by atoms with Gasteiger partial charge >= 0.3 is 0 Å². The fourth-order valence-corrected chi connectivity index (χ4v) is 3.39. The van der Waals surface area contributed by atoms with Crippen molar-refractivity contribution >= 4 is 0 Å². The Morgan fingerprint density at radius 2 is 1.86 bits per heavy atom. The normalized spacial score (nSPS) is 33.4. The molecule has 2 fully saturated rings. The maximum Gasteiger partial charge on any atom is 0.0833 e. The molecule has 1 saturated heterocycles. The molecule has 0 unspecified atom stereocenters. The second-order valence-electron chi connectivity index (χ2n) is 4.97. The molecule has 2 heteroatoms. The first-order chi connectivity index (χ1) is 6.78. The van der Waals surface area contributed by atoms with Crippen LogP contribution in [0.4, 0.5) is 0 Å². The van der Waals surface area contributed by atoms with Crippen molar-refractivity contribution in [3.63, 3.8) is 0 Å². The number of methoxy groups -OCH3 is 1. The van der Waals surface area contributed by atoms with Gasteiger partial charge in [-0.15, -0.1) is 0 Å². The molecule has 0 spiro atoms. The molecule has 0 N–H and O–H groups in total. The number of rotatable bonds is 2. The number of nitrogens with zero attached hydrogens (tertiary/aromatic N) is 1. The van der Waals surface area contributed by atoms with Crippen molar-refractivity contribution in [2.24, 2.45) is 0 Å². The Bertz CT molecular complexity index is 187. The number of hydrogen-bond acceptors (Lipinski definition) is 2. The average molecular weight is 197 g/mol. The number of ether oxygens (including phenoxy) is 1. The van der Waals surface area contributed by atoms with Crippen LogP contribution in [0.2, 0.25) is 0 Å². The molecule has 2 nitrogen and oxygen atoms in total. The summed E-state index contributed by atoms with van der Waals surface area (Å²) in [7, 11) is 4.18. The van der Waals surface area contributed by atoms with Gasteiger partial charge in [0.15, 0.2) is 0 Å². The molecule has 2 aliphatic rings. The van der Waals surface area contributed by atoms with Gasteiger partial charge in [-0.2, -0.15) is 0 Å². The second-order valence-corrected chi connectivity index (χ2v) is 4.97. The number of likely N-dealkylation sites (tertiary alicyclic amines) is 1. The van der Waals surface area contributed by atoms with E-state index in [0.717, 1.165) is 0 Å². The van der Waals surface area contributed by atoms with Crippen molar-refractivity contribution in [2.75, 3.05) is 20.7 Å². The zero-order valence-electron chi connectivity index (χ0n) is 9.59. The van der Waals surface area contributed by atoms with Gasteiger partial charge in [0.25, 0.3) is 0 Å². The van der Waals surface area contributed by atoms with Crippen LogP contribution in [0.1, 0.15) is 44.9 Å². The standard InChI is InChI=1S/C12H23NO/c1-13-10-6-3-7-11(13)12(14-2)8-4-5-9-12/h11H,3-10H2,1-2H3/t11-/m0/s1. The van der Waals surface area contributed by atoms with E-state index in [1.807, 2.05) is 7.11 Å². The van der Waals surface area contributed by atoms with Crippen molar-refractivity contribution in [3.8, 4) is 0 Å². The Morgan fingerprint density at radius 1 is 1.14 bits per heavy atom.